The molecule has 1 aromatic carbocycles. The topological polar surface area (TPSA) is 85.2 Å². The van der Waals surface area contributed by atoms with E-state index in [0.29, 0.717) is 11.4 Å². The molecule has 0 saturated heterocycles. The van der Waals surface area contributed by atoms with Gasteiger partial charge in [0.15, 0.2) is 5.60 Å². The summed E-state index contributed by atoms with van der Waals surface area (Å²) in [6.45, 7) is 3.25. The molecule has 1 heterocycles. The van der Waals surface area contributed by atoms with Crippen molar-refractivity contribution in [3.05, 3.63) is 42.5 Å². The van der Waals surface area contributed by atoms with Crippen molar-refractivity contribution in [2.75, 3.05) is 12.4 Å². The van der Waals surface area contributed by atoms with Crippen LogP contribution in [0.5, 0.6) is 5.75 Å². The Morgan fingerprint density at radius 2 is 1.96 bits per heavy atom. The molecule has 2 amide bonds. The lowest BCUT2D eigenvalue weighted by Gasteiger charge is -2.25. The number of ether oxygens (including phenoxy) is 1. The first kappa shape index (κ1) is 17.5. The van der Waals surface area contributed by atoms with E-state index in [1.54, 1.807) is 20.0 Å². The molecule has 0 atom stereocenters. The van der Waals surface area contributed by atoms with Crippen molar-refractivity contribution in [1.82, 2.24) is 15.1 Å². The van der Waals surface area contributed by atoms with Crippen molar-refractivity contribution in [2.24, 2.45) is 0 Å². The SMILES string of the molecule is CNC(=O)Cn1cc(NC(=O)C(C)(C)Oc2ccc(F)cc2)cn1. The molecule has 2 rings (SSSR count). The molecular formula is C16H19FN4O3. The Bertz CT molecular complexity index is 725. The molecule has 7 nitrogen and oxygen atoms in total. The van der Waals surface area contributed by atoms with Crippen molar-refractivity contribution in [2.45, 2.75) is 26.0 Å². The van der Waals surface area contributed by atoms with Crippen LogP contribution >= 0.6 is 0 Å². The van der Waals surface area contributed by atoms with Crippen LogP contribution in [0.1, 0.15) is 13.8 Å². The first-order chi connectivity index (χ1) is 11.3. The highest BCUT2D eigenvalue weighted by Gasteiger charge is 2.30. The predicted molar refractivity (Wildman–Crippen MR) is 86.0 cm³/mol. The van der Waals surface area contributed by atoms with Crippen LogP contribution in [0.4, 0.5) is 10.1 Å². The van der Waals surface area contributed by atoms with E-state index in [1.165, 1.54) is 42.2 Å². The summed E-state index contributed by atoms with van der Waals surface area (Å²) in [4.78, 5) is 23.7. The highest BCUT2D eigenvalue weighted by molar-refractivity contribution is 5.96. The number of halogens is 1. The van der Waals surface area contributed by atoms with Crippen LogP contribution in [0.25, 0.3) is 0 Å². The fraction of sp³-hybridized carbons (Fsp3) is 0.312. The maximum absolute atomic E-state index is 12.9. The van der Waals surface area contributed by atoms with Gasteiger partial charge < -0.3 is 15.4 Å². The lowest BCUT2D eigenvalue weighted by molar-refractivity contribution is -0.128. The van der Waals surface area contributed by atoms with Crippen LogP contribution in [0.2, 0.25) is 0 Å². The fourth-order valence-electron chi connectivity index (χ4n) is 1.87. The molecule has 2 N–H and O–H groups in total. The number of benzene rings is 1. The van der Waals surface area contributed by atoms with Gasteiger partial charge in [-0.15, -0.1) is 0 Å². The maximum Gasteiger partial charge on any atom is 0.268 e. The molecule has 1 aromatic heterocycles. The van der Waals surface area contributed by atoms with E-state index in [9.17, 15) is 14.0 Å². The second-order valence-electron chi connectivity index (χ2n) is 5.62. The van der Waals surface area contributed by atoms with E-state index in [2.05, 4.69) is 15.7 Å². The van der Waals surface area contributed by atoms with Crippen LogP contribution in [-0.4, -0.2) is 34.2 Å². The van der Waals surface area contributed by atoms with Gasteiger partial charge in [-0.1, -0.05) is 0 Å². The van der Waals surface area contributed by atoms with Gasteiger partial charge >= 0.3 is 0 Å². The number of rotatable bonds is 6. The third-order valence-corrected chi connectivity index (χ3v) is 3.21. The summed E-state index contributed by atoms with van der Waals surface area (Å²) in [5, 5.41) is 9.15. The Morgan fingerprint density at radius 1 is 1.29 bits per heavy atom. The second-order valence-corrected chi connectivity index (χ2v) is 5.62. The van der Waals surface area contributed by atoms with Crippen LogP contribution in [0.15, 0.2) is 36.7 Å². The Balaban J connectivity index is 1.99. The zero-order valence-electron chi connectivity index (χ0n) is 13.7. The van der Waals surface area contributed by atoms with Crippen molar-refractivity contribution in [3.8, 4) is 5.75 Å². The zero-order chi connectivity index (χ0) is 17.7. The van der Waals surface area contributed by atoms with Gasteiger partial charge in [0.1, 0.15) is 18.1 Å². The lowest BCUT2D eigenvalue weighted by atomic mass is 10.1. The average molecular weight is 334 g/mol. The highest BCUT2D eigenvalue weighted by Crippen LogP contribution is 2.20. The largest absolute Gasteiger partial charge is 0.478 e. The van der Waals surface area contributed by atoms with Gasteiger partial charge in [0.25, 0.3) is 5.91 Å². The summed E-state index contributed by atoms with van der Waals surface area (Å²) in [5.41, 5.74) is -0.736. The molecule has 0 aliphatic carbocycles. The minimum atomic E-state index is -1.18. The maximum atomic E-state index is 12.9. The fourth-order valence-corrected chi connectivity index (χ4v) is 1.87. The van der Waals surface area contributed by atoms with Gasteiger partial charge in [0.2, 0.25) is 5.91 Å². The van der Waals surface area contributed by atoms with E-state index in [1.807, 2.05) is 0 Å². The molecule has 0 aliphatic heterocycles. The van der Waals surface area contributed by atoms with E-state index < -0.39 is 11.5 Å². The summed E-state index contributed by atoms with van der Waals surface area (Å²) in [5.74, 6) is -0.595. The predicted octanol–water partition coefficient (Wildman–Crippen LogP) is 1.56. The quantitative estimate of drug-likeness (QED) is 0.840. The molecule has 0 spiro atoms. The number of carbonyl (C=O) groups is 2. The molecule has 0 saturated carbocycles. The first-order valence-corrected chi connectivity index (χ1v) is 7.29. The lowest BCUT2D eigenvalue weighted by Crippen LogP contribution is -2.42. The number of hydrogen-bond acceptors (Lipinski definition) is 4. The van der Waals surface area contributed by atoms with E-state index in [0.717, 1.165) is 0 Å². The minimum Gasteiger partial charge on any atom is -0.478 e. The van der Waals surface area contributed by atoms with Gasteiger partial charge in [0, 0.05) is 13.2 Å². The average Bonchev–Trinajstić information content (AvgIpc) is 2.96. The van der Waals surface area contributed by atoms with E-state index >= 15 is 0 Å². The molecule has 0 aliphatic rings. The highest BCUT2D eigenvalue weighted by atomic mass is 19.1. The number of carbonyl (C=O) groups excluding carboxylic acids is 2. The van der Waals surface area contributed by atoms with Crippen LogP contribution in [-0.2, 0) is 16.1 Å². The Kier molecular flexibility index (Phi) is 5.18. The Labute approximate surface area is 138 Å². The summed E-state index contributed by atoms with van der Waals surface area (Å²) in [6, 6.07) is 5.41. The van der Waals surface area contributed by atoms with Gasteiger partial charge in [0.05, 0.1) is 11.9 Å². The summed E-state index contributed by atoms with van der Waals surface area (Å²) >= 11 is 0. The van der Waals surface area contributed by atoms with Crippen LogP contribution in [0, 0.1) is 5.82 Å². The molecular weight excluding hydrogens is 315 g/mol. The van der Waals surface area contributed by atoms with Crippen molar-refractivity contribution < 1.29 is 18.7 Å². The number of nitrogens with zero attached hydrogens (tertiary/aromatic N) is 2. The molecule has 0 bridgehead atoms. The van der Waals surface area contributed by atoms with Crippen molar-refractivity contribution in [3.63, 3.8) is 0 Å². The molecule has 2 aromatic rings. The summed E-state index contributed by atoms with van der Waals surface area (Å²) < 4.78 is 19.9. The first-order valence-electron chi connectivity index (χ1n) is 7.29. The van der Waals surface area contributed by atoms with Crippen molar-refractivity contribution in [1.29, 1.82) is 0 Å². The monoisotopic (exact) mass is 334 g/mol. The Morgan fingerprint density at radius 3 is 2.58 bits per heavy atom. The van der Waals surface area contributed by atoms with Gasteiger partial charge in [-0.3, -0.25) is 14.3 Å². The van der Waals surface area contributed by atoms with Gasteiger partial charge in [-0.25, -0.2) is 4.39 Å². The molecule has 0 unspecified atom stereocenters. The summed E-state index contributed by atoms with van der Waals surface area (Å²) in [7, 11) is 1.53. The minimum absolute atomic E-state index is 0.0574. The number of hydrogen-bond donors (Lipinski definition) is 2. The van der Waals surface area contributed by atoms with Crippen LogP contribution in [0.3, 0.4) is 0 Å². The second kappa shape index (κ2) is 7.12. The number of aromatic nitrogens is 2. The smallest absolute Gasteiger partial charge is 0.268 e. The Hall–Kier alpha value is -2.90. The number of anilines is 1. The number of likely N-dealkylation sites (N-methyl/N-ethyl adjacent to an activating group) is 1. The van der Waals surface area contributed by atoms with E-state index in [-0.39, 0.29) is 18.3 Å². The van der Waals surface area contributed by atoms with Crippen LogP contribution < -0.4 is 15.4 Å². The summed E-state index contributed by atoms with van der Waals surface area (Å²) in [6.07, 6.45) is 2.98. The normalized spacial score (nSPS) is 11.0. The van der Waals surface area contributed by atoms with E-state index in [4.69, 9.17) is 4.74 Å². The molecule has 8 heteroatoms. The number of amides is 2. The molecule has 24 heavy (non-hydrogen) atoms. The third-order valence-electron chi connectivity index (χ3n) is 3.21. The zero-order valence-corrected chi connectivity index (χ0v) is 13.7. The molecule has 0 fully saturated rings. The van der Waals surface area contributed by atoms with Gasteiger partial charge in [-0.2, -0.15) is 5.10 Å². The third kappa shape index (κ3) is 4.55. The number of nitrogens with one attached hydrogen (secondary N) is 2. The van der Waals surface area contributed by atoms with Gasteiger partial charge in [-0.05, 0) is 38.1 Å². The standard InChI is InChI=1S/C16H19FN4O3/c1-16(2,24-13-6-4-11(17)5-7-13)15(23)20-12-8-19-21(9-12)10-14(22)18-3/h4-9H,10H2,1-3H3,(H,18,22)(H,20,23). The van der Waals surface area contributed by atoms with Crippen molar-refractivity contribution >= 4 is 17.5 Å². The molecule has 0 radical (unpaired) electrons. The molecule has 128 valence electrons.